The SMILES string of the molecule is N[C@@H](Cc1ccccc1)C(=O)NCCc1ccc(Cl)cc1Cl. The van der Waals surface area contributed by atoms with Crippen LogP contribution in [0.5, 0.6) is 0 Å². The first-order valence-corrected chi connectivity index (χ1v) is 7.83. The number of benzene rings is 2. The van der Waals surface area contributed by atoms with Crippen LogP contribution in [0.15, 0.2) is 48.5 Å². The Hall–Kier alpha value is -1.55. The quantitative estimate of drug-likeness (QED) is 0.850. The van der Waals surface area contributed by atoms with Gasteiger partial charge in [-0.15, -0.1) is 0 Å². The van der Waals surface area contributed by atoms with Gasteiger partial charge in [0.25, 0.3) is 0 Å². The molecular formula is C17H18Cl2N2O. The molecule has 3 nitrogen and oxygen atoms in total. The third kappa shape index (κ3) is 5.02. The van der Waals surface area contributed by atoms with E-state index in [-0.39, 0.29) is 5.91 Å². The van der Waals surface area contributed by atoms with Crippen LogP contribution in [-0.2, 0) is 17.6 Å². The smallest absolute Gasteiger partial charge is 0.237 e. The molecule has 0 unspecified atom stereocenters. The average molecular weight is 337 g/mol. The molecule has 1 amide bonds. The summed E-state index contributed by atoms with van der Waals surface area (Å²) in [7, 11) is 0. The number of nitrogens with two attached hydrogens (primary N) is 1. The molecule has 3 N–H and O–H groups in total. The topological polar surface area (TPSA) is 55.1 Å². The van der Waals surface area contributed by atoms with Crippen molar-refractivity contribution < 1.29 is 4.79 Å². The molecule has 116 valence electrons. The molecule has 1 atom stereocenters. The van der Waals surface area contributed by atoms with Crippen LogP contribution in [0.1, 0.15) is 11.1 Å². The summed E-state index contributed by atoms with van der Waals surface area (Å²) in [6, 6.07) is 14.5. The van der Waals surface area contributed by atoms with Crippen LogP contribution in [-0.4, -0.2) is 18.5 Å². The fourth-order valence-electron chi connectivity index (χ4n) is 2.14. The van der Waals surface area contributed by atoms with Crippen molar-refractivity contribution in [2.45, 2.75) is 18.9 Å². The summed E-state index contributed by atoms with van der Waals surface area (Å²) < 4.78 is 0. The van der Waals surface area contributed by atoms with Crippen LogP contribution < -0.4 is 11.1 Å². The molecule has 22 heavy (non-hydrogen) atoms. The van der Waals surface area contributed by atoms with Gasteiger partial charge in [0.15, 0.2) is 0 Å². The van der Waals surface area contributed by atoms with Gasteiger partial charge in [0.1, 0.15) is 0 Å². The normalized spacial score (nSPS) is 12.0. The molecule has 0 saturated carbocycles. The van der Waals surface area contributed by atoms with Crippen LogP contribution >= 0.6 is 23.2 Å². The van der Waals surface area contributed by atoms with E-state index in [1.165, 1.54) is 0 Å². The van der Waals surface area contributed by atoms with Gasteiger partial charge in [-0.25, -0.2) is 0 Å². The van der Waals surface area contributed by atoms with Gasteiger partial charge in [0.2, 0.25) is 5.91 Å². The van der Waals surface area contributed by atoms with Crippen molar-refractivity contribution in [3.05, 3.63) is 69.7 Å². The fourth-order valence-corrected chi connectivity index (χ4v) is 2.64. The van der Waals surface area contributed by atoms with E-state index >= 15 is 0 Å². The Bertz CT molecular complexity index is 632. The van der Waals surface area contributed by atoms with Gasteiger partial charge in [-0.2, -0.15) is 0 Å². The zero-order valence-corrected chi connectivity index (χ0v) is 13.6. The molecule has 0 spiro atoms. The molecular weight excluding hydrogens is 319 g/mol. The maximum absolute atomic E-state index is 12.0. The Balaban J connectivity index is 1.80. The average Bonchev–Trinajstić information content (AvgIpc) is 2.50. The second-order valence-corrected chi connectivity index (χ2v) is 5.92. The van der Waals surface area contributed by atoms with Crippen LogP contribution in [0.25, 0.3) is 0 Å². The minimum absolute atomic E-state index is 0.158. The summed E-state index contributed by atoms with van der Waals surface area (Å²) in [5.41, 5.74) is 7.92. The van der Waals surface area contributed by atoms with E-state index in [0.29, 0.717) is 29.4 Å². The largest absolute Gasteiger partial charge is 0.354 e. The molecule has 2 aromatic rings. The zero-order chi connectivity index (χ0) is 15.9. The van der Waals surface area contributed by atoms with Crippen LogP contribution in [0.3, 0.4) is 0 Å². The van der Waals surface area contributed by atoms with E-state index in [2.05, 4.69) is 5.32 Å². The molecule has 0 heterocycles. The van der Waals surface area contributed by atoms with Crippen molar-refractivity contribution >= 4 is 29.1 Å². The van der Waals surface area contributed by atoms with Crippen molar-refractivity contribution in [2.24, 2.45) is 5.73 Å². The summed E-state index contributed by atoms with van der Waals surface area (Å²) in [6.07, 6.45) is 1.16. The Morgan fingerprint density at radius 2 is 1.86 bits per heavy atom. The summed E-state index contributed by atoms with van der Waals surface area (Å²) in [5.74, 6) is -0.158. The third-order valence-electron chi connectivity index (χ3n) is 3.34. The summed E-state index contributed by atoms with van der Waals surface area (Å²) in [4.78, 5) is 12.0. The molecule has 0 fully saturated rings. The maximum atomic E-state index is 12.0. The monoisotopic (exact) mass is 336 g/mol. The Labute approximate surface area is 140 Å². The van der Waals surface area contributed by atoms with Crippen molar-refractivity contribution in [1.29, 1.82) is 0 Å². The molecule has 2 aromatic carbocycles. The van der Waals surface area contributed by atoms with E-state index in [0.717, 1.165) is 11.1 Å². The van der Waals surface area contributed by atoms with Gasteiger partial charge >= 0.3 is 0 Å². The van der Waals surface area contributed by atoms with Crippen molar-refractivity contribution in [3.8, 4) is 0 Å². The lowest BCUT2D eigenvalue weighted by Crippen LogP contribution is -2.42. The molecule has 0 radical (unpaired) electrons. The first-order valence-electron chi connectivity index (χ1n) is 7.07. The molecule has 0 aromatic heterocycles. The lowest BCUT2D eigenvalue weighted by molar-refractivity contribution is -0.122. The van der Waals surface area contributed by atoms with Crippen molar-refractivity contribution in [2.75, 3.05) is 6.54 Å². The molecule has 0 aliphatic heterocycles. The third-order valence-corrected chi connectivity index (χ3v) is 3.93. The molecule has 5 heteroatoms. The molecule has 2 rings (SSSR count). The minimum Gasteiger partial charge on any atom is -0.354 e. The molecule has 0 aliphatic carbocycles. The van der Waals surface area contributed by atoms with Crippen LogP contribution in [0.2, 0.25) is 10.0 Å². The van der Waals surface area contributed by atoms with E-state index < -0.39 is 6.04 Å². The molecule has 0 bridgehead atoms. The highest BCUT2D eigenvalue weighted by atomic mass is 35.5. The molecule has 0 aliphatic rings. The summed E-state index contributed by atoms with van der Waals surface area (Å²) in [6.45, 7) is 0.489. The number of hydrogen-bond acceptors (Lipinski definition) is 2. The number of amides is 1. The van der Waals surface area contributed by atoms with Gasteiger partial charge in [0.05, 0.1) is 6.04 Å². The maximum Gasteiger partial charge on any atom is 0.237 e. The highest BCUT2D eigenvalue weighted by Gasteiger charge is 2.13. The highest BCUT2D eigenvalue weighted by Crippen LogP contribution is 2.21. The van der Waals surface area contributed by atoms with E-state index in [9.17, 15) is 4.79 Å². The highest BCUT2D eigenvalue weighted by molar-refractivity contribution is 6.35. The minimum atomic E-state index is -0.553. The second-order valence-electron chi connectivity index (χ2n) is 5.07. The van der Waals surface area contributed by atoms with Crippen molar-refractivity contribution in [3.63, 3.8) is 0 Å². The summed E-state index contributed by atoms with van der Waals surface area (Å²) in [5, 5.41) is 4.04. The first-order chi connectivity index (χ1) is 10.6. The predicted molar refractivity (Wildman–Crippen MR) is 91.3 cm³/mol. The number of carbonyl (C=O) groups excluding carboxylic acids is 1. The first kappa shape index (κ1) is 16.8. The standard InChI is InChI=1S/C17H18Cl2N2O/c18-14-7-6-13(15(19)11-14)8-9-21-17(22)16(20)10-12-4-2-1-3-5-12/h1-7,11,16H,8-10,20H2,(H,21,22)/t16-/m0/s1. The number of hydrogen-bond donors (Lipinski definition) is 2. The van der Waals surface area contributed by atoms with Crippen molar-refractivity contribution in [1.82, 2.24) is 5.32 Å². The second kappa shape index (κ2) is 8.18. The summed E-state index contributed by atoms with van der Waals surface area (Å²) >= 11 is 11.9. The number of rotatable bonds is 6. The molecule has 0 saturated heterocycles. The van der Waals surface area contributed by atoms with E-state index in [1.807, 2.05) is 36.4 Å². The van der Waals surface area contributed by atoms with Gasteiger partial charge < -0.3 is 11.1 Å². The number of halogens is 2. The lowest BCUT2D eigenvalue weighted by atomic mass is 10.1. The van der Waals surface area contributed by atoms with Gasteiger partial charge in [-0.3, -0.25) is 4.79 Å². The van der Waals surface area contributed by atoms with Gasteiger partial charge in [0, 0.05) is 16.6 Å². The predicted octanol–water partition coefficient (Wildman–Crippen LogP) is 3.22. The van der Waals surface area contributed by atoms with E-state index in [4.69, 9.17) is 28.9 Å². The Morgan fingerprint density at radius 3 is 2.55 bits per heavy atom. The Morgan fingerprint density at radius 1 is 1.14 bits per heavy atom. The zero-order valence-electron chi connectivity index (χ0n) is 12.1. The van der Waals surface area contributed by atoms with Crippen LogP contribution in [0.4, 0.5) is 0 Å². The van der Waals surface area contributed by atoms with Crippen LogP contribution in [0, 0.1) is 0 Å². The fraction of sp³-hybridized carbons (Fsp3) is 0.235. The lowest BCUT2D eigenvalue weighted by Gasteiger charge is -2.12. The van der Waals surface area contributed by atoms with Gasteiger partial charge in [-0.1, -0.05) is 59.6 Å². The van der Waals surface area contributed by atoms with Gasteiger partial charge in [-0.05, 0) is 36.1 Å². The Kier molecular flexibility index (Phi) is 6.25. The number of nitrogens with one attached hydrogen (secondary N) is 1. The van der Waals surface area contributed by atoms with E-state index in [1.54, 1.807) is 12.1 Å². The number of carbonyl (C=O) groups is 1.